The van der Waals surface area contributed by atoms with Crippen molar-refractivity contribution < 1.29 is 9.46 Å². The van der Waals surface area contributed by atoms with Crippen LogP contribution in [0.1, 0.15) is 18.4 Å². The van der Waals surface area contributed by atoms with Gasteiger partial charge in [-0.1, -0.05) is 36.4 Å². The Hall–Kier alpha value is -0.850. The van der Waals surface area contributed by atoms with E-state index in [0.717, 1.165) is 23.7 Å². The minimum atomic E-state index is -3.00. The van der Waals surface area contributed by atoms with Gasteiger partial charge >= 0.3 is 0 Å². The van der Waals surface area contributed by atoms with Crippen molar-refractivity contribution in [2.24, 2.45) is 0 Å². The van der Waals surface area contributed by atoms with Crippen LogP contribution in [0, 0.1) is 0 Å². The highest BCUT2D eigenvalue weighted by molar-refractivity contribution is 7.62. The molecule has 15 heavy (non-hydrogen) atoms. The molecule has 0 fully saturated rings. The molecular weight excluding hydrogens is 207 g/mol. The van der Waals surface area contributed by atoms with Crippen molar-refractivity contribution in [3.8, 4) is 0 Å². The first-order chi connectivity index (χ1) is 7.18. The summed E-state index contributed by atoms with van der Waals surface area (Å²) in [6, 6.07) is 9.86. The summed E-state index contributed by atoms with van der Waals surface area (Å²) in [4.78, 5) is 9.78. The van der Waals surface area contributed by atoms with Crippen LogP contribution in [0.5, 0.6) is 0 Å². The molecule has 0 spiro atoms. The Bertz CT molecular complexity index is 409. The highest BCUT2D eigenvalue weighted by atomic mass is 31.2. The van der Waals surface area contributed by atoms with Crippen molar-refractivity contribution in [3.05, 3.63) is 47.3 Å². The van der Waals surface area contributed by atoms with E-state index in [0.29, 0.717) is 12.6 Å². The van der Waals surface area contributed by atoms with E-state index >= 15 is 0 Å². The first-order valence-corrected chi connectivity index (χ1v) is 7.08. The summed E-state index contributed by atoms with van der Waals surface area (Å²) in [5, 5.41) is 0.776. The summed E-state index contributed by atoms with van der Waals surface area (Å²) in [5.74, 6) is 0. The summed E-state index contributed by atoms with van der Waals surface area (Å²) < 4.78 is 11.9. The molecular formula is C12H15O2P. The Morgan fingerprint density at radius 2 is 1.93 bits per heavy atom. The number of hydrogen-bond donors (Lipinski definition) is 1. The maximum absolute atomic E-state index is 11.9. The van der Waals surface area contributed by atoms with Crippen LogP contribution in [0.25, 0.3) is 0 Å². The number of benzene rings is 1. The van der Waals surface area contributed by atoms with Gasteiger partial charge in [0.25, 0.3) is 0 Å². The molecule has 1 unspecified atom stereocenters. The molecule has 1 atom stereocenters. The maximum atomic E-state index is 11.9. The second kappa shape index (κ2) is 4.34. The molecule has 0 saturated carbocycles. The van der Waals surface area contributed by atoms with Gasteiger partial charge in [-0.15, -0.1) is 0 Å². The predicted molar refractivity (Wildman–Crippen MR) is 62.2 cm³/mol. The van der Waals surface area contributed by atoms with Gasteiger partial charge in [-0.2, -0.15) is 0 Å². The van der Waals surface area contributed by atoms with Crippen molar-refractivity contribution in [2.75, 3.05) is 6.16 Å². The lowest BCUT2D eigenvalue weighted by molar-refractivity contribution is 0.481. The van der Waals surface area contributed by atoms with Crippen molar-refractivity contribution in [2.45, 2.75) is 19.3 Å². The summed E-state index contributed by atoms with van der Waals surface area (Å²) >= 11 is 0. The molecule has 0 radical (unpaired) electrons. The van der Waals surface area contributed by atoms with Crippen molar-refractivity contribution in [1.82, 2.24) is 0 Å². The van der Waals surface area contributed by atoms with E-state index in [1.807, 2.05) is 36.4 Å². The van der Waals surface area contributed by atoms with Crippen LogP contribution in [0.4, 0.5) is 0 Å². The minimum Gasteiger partial charge on any atom is -0.341 e. The zero-order valence-electron chi connectivity index (χ0n) is 8.60. The molecule has 1 aromatic rings. The lowest BCUT2D eigenvalue weighted by Gasteiger charge is -2.20. The molecule has 0 bridgehead atoms. The average Bonchev–Trinajstić information content (AvgIpc) is 2.13. The summed E-state index contributed by atoms with van der Waals surface area (Å²) in [6.45, 7) is 0. The van der Waals surface area contributed by atoms with Gasteiger partial charge in [-0.3, -0.25) is 4.57 Å². The van der Waals surface area contributed by atoms with E-state index < -0.39 is 7.37 Å². The maximum Gasteiger partial charge on any atom is 0.225 e. The van der Waals surface area contributed by atoms with Gasteiger partial charge in [0, 0.05) is 11.5 Å². The fourth-order valence-electron chi connectivity index (χ4n) is 1.66. The van der Waals surface area contributed by atoms with Crippen LogP contribution >= 0.6 is 7.37 Å². The molecule has 3 heteroatoms. The number of allylic oxidation sites excluding steroid dienone is 2. The highest BCUT2D eigenvalue weighted by Crippen LogP contribution is 2.55. The van der Waals surface area contributed by atoms with E-state index in [4.69, 9.17) is 0 Å². The molecule has 1 aliphatic carbocycles. The van der Waals surface area contributed by atoms with Crippen molar-refractivity contribution in [3.63, 3.8) is 0 Å². The molecule has 1 N–H and O–H groups in total. The fourth-order valence-corrected chi connectivity index (χ4v) is 3.40. The summed E-state index contributed by atoms with van der Waals surface area (Å²) in [6.07, 6.45) is 4.73. The monoisotopic (exact) mass is 222 g/mol. The standard InChI is InChI=1S/C12H15O2P/c13-15(14,12-7-4-8-12)10-9-11-5-2-1-3-6-11/h1-3,5-7H,4,8-10H2,(H,13,14). The molecule has 80 valence electrons. The third kappa shape index (κ3) is 2.58. The first kappa shape index (κ1) is 10.7. The Morgan fingerprint density at radius 3 is 2.47 bits per heavy atom. The van der Waals surface area contributed by atoms with Crippen LogP contribution in [0.2, 0.25) is 0 Å². The quantitative estimate of drug-likeness (QED) is 0.794. The Balaban J connectivity index is 1.96. The fraction of sp³-hybridized carbons (Fsp3) is 0.333. The Kier molecular flexibility index (Phi) is 3.08. The molecule has 0 aromatic heterocycles. The molecule has 0 heterocycles. The molecule has 0 aliphatic heterocycles. The number of hydrogen-bond acceptors (Lipinski definition) is 1. The molecule has 2 nitrogen and oxygen atoms in total. The smallest absolute Gasteiger partial charge is 0.225 e. The van der Waals surface area contributed by atoms with E-state index in [1.165, 1.54) is 0 Å². The van der Waals surface area contributed by atoms with E-state index in [9.17, 15) is 9.46 Å². The lowest BCUT2D eigenvalue weighted by atomic mass is 10.1. The molecule has 1 aromatic carbocycles. The van der Waals surface area contributed by atoms with Gasteiger partial charge in [-0.05, 0) is 24.8 Å². The SMILES string of the molecule is O=P(O)(CCc1ccccc1)C1=CCC1. The second-order valence-electron chi connectivity index (χ2n) is 3.89. The van der Waals surface area contributed by atoms with E-state index in [-0.39, 0.29) is 0 Å². The second-order valence-corrected chi connectivity index (χ2v) is 6.32. The Labute approximate surface area is 90.1 Å². The third-order valence-corrected chi connectivity index (χ3v) is 4.91. The summed E-state index contributed by atoms with van der Waals surface area (Å²) in [7, 11) is -3.00. The first-order valence-electron chi connectivity index (χ1n) is 5.24. The Morgan fingerprint density at radius 1 is 1.27 bits per heavy atom. The minimum absolute atomic E-state index is 0.378. The molecule has 0 saturated heterocycles. The zero-order chi connectivity index (χ0) is 10.7. The van der Waals surface area contributed by atoms with Gasteiger partial charge < -0.3 is 4.89 Å². The van der Waals surface area contributed by atoms with Gasteiger partial charge in [0.05, 0.1) is 0 Å². The normalized spacial score (nSPS) is 18.9. The lowest BCUT2D eigenvalue weighted by Crippen LogP contribution is -2.01. The topological polar surface area (TPSA) is 37.3 Å². The number of aryl methyl sites for hydroxylation is 1. The number of rotatable bonds is 4. The van der Waals surface area contributed by atoms with Gasteiger partial charge in [-0.25, -0.2) is 0 Å². The third-order valence-electron chi connectivity index (χ3n) is 2.78. The van der Waals surface area contributed by atoms with Crippen LogP contribution < -0.4 is 0 Å². The van der Waals surface area contributed by atoms with Crippen LogP contribution in [-0.2, 0) is 11.0 Å². The largest absolute Gasteiger partial charge is 0.341 e. The van der Waals surface area contributed by atoms with Crippen LogP contribution in [0.15, 0.2) is 41.7 Å². The highest BCUT2D eigenvalue weighted by Gasteiger charge is 2.26. The van der Waals surface area contributed by atoms with Crippen LogP contribution in [-0.4, -0.2) is 11.1 Å². The van der Waals surface area contributed by atoms with Gasteiger partial charge in [0.2, 0.25) is 7.37 Å². The van der Waals surface area contributed by atoms with E-state index in [2.05, 4.69) is 0 Å². The average molecular weight is 222 g/mol. The predicted octanol–water partition coefficient (Wildman–Crippen LogP) is 3.18. The van der Waals surface area contributed by atoms with Gasteiger partial charge in [0.1, 0.15) is 0 Å². The van der Waals surface area contributed by atoms with Crippen molar-refractivity contribution >= 4 is 7.37 Å². The molecule has 1 aliphatic rings. The molecule has 0 amide bonds. The van der Waals surface area contributed by atoms with E-state index in [1.54, 1.807) is 0 Å². The van der Waals surface area contributed by atoms with Crippen molar-refractivity contribution in [1.29, 1.82) is 0 Å². The van der Waals surface area contributed by atoms with Gasteiger partial charge in [0.15, 0.2) is 0 Å². The zero-order valence-corrected chi connectivity index (χ0v) is 9.49. The van der Waals surface area contributed by atoms with Crippen LogP contribution in [0.3, 0.4) is 0 Å². The molecule has 2 rings (SSSR count). The summed E-state index contributed by atoms with van der Waals surface area (Å²) in [5.41, 5.74) is 1.13.